The molecule has 2 nitrogen and oxygen atoms in total. The largest absolute Gasteiger partial charge is 0.310 e. The van der Waals surface area contributed by atoms with Crippen molar-refractivity contribution in [3.63, 3.8) is 0 Å². The van der Waals surface area contributed by atoms with Crippen molar-refractivity contribution >= 4 is 60.4 Å². The van der Waals surface area contributed by atoms with Gasteiger partial charge in [-0.05, 0) is 87.6 Å². The third kappa shape index (κ3) is 5.04. The lowest BCUT2D eigenvalue weighted by atomic mass is 9.99. The third-order valence-corrected chi connectivity index (χ3v) is 10.3. The number of hydrogen-bond donors (Lipinski definition) is 0. The van der Waals surface area contributed by atoms with Crippen LogP contribution in [0.25, 0.3) is 71.3 Å². The summed E-state index contributed by atoms with van der Waals surface area (Å²) in [6.45, 7) is 0. The van der Waals surface area contributed by atoms with Crippen LogP contribution in [0.5, 0.6) is 0 Å². The molecular formula is C50H34N2. The summed E-state index contributed by atoms with van der Waals surface area (Å²) in [5.74, 6) is 0. The summed E-state index contributed by atoms with van der Waals surface area (Å²) in [7, 11) is 0. The van der Waals surface area contributed by atoms with Gasteiger partial charge in [-0.15, -0.1) is 0 Å². The molecule has 52 heavy (non-hydrogen) atoms. The number of rotatable bonds is 6. The van der Waals surface area contributed by atoms with E-state index < -0.39 is 0 Å². The molecule has 2 heteroatoms. The molecule has 0 spiro atoms. The molecule has 0 radical (unpaired) electrons. The van der Waals surface area contributed by atoms with Crippen LogP contribution in [0.15, 0.2) is 206 Å². The van der Waals surface area contributed by atoms with Crippen molar-refractivity contribution in [2.75, 3.05) is 4.90 Å². The minimum absolute atomic E-state index is 1.10. The van der Waals surface area contributed by atoms with E-state index in [1.807, 2.05) is 0 Å². The second kappa shape index (κ2) is 12.5. The quantitative estimate of drug-likeness (QED) is 0.172. The Morgan fingerprint density at radius 3 is 1.56 bits per heavy atom. The lowest BCUT2D eigenvalue weighted by Crippen LogP contribution is -2.10. The van der Waals surface area contributed by atoms with Crippen LogP contribution in [-0.4, -0.2) is 4.57 Å². The fraction of sp³-hybridized carbons (Fsp3) is 0. The first-order chi connectivity index (χ1) is 25.8. The zero-order valence-electron chi connectivity index (χ0n) is 28.5. The van der Waals surface area contributed by atoms with Crippen molar-refractivity contribution in [1.82, 2.24) is 4.57 Å². The maximum absolute atomic E-state index is 2.43. The van der Waals surface area contributed by atoms with Crippen molar-refractivity contribution in [3.8, 4) is 27.9 Å². The first-order valence-corrected chi connectivity index (χ1v) is 17.9. The van der Waals surface area contributed by atoms with E-state index in [1.165, 1.54) is 65.6 Å². The van der Waals surface area contributed by atoms with Crippen molar-refractivity contribution in [2.24, 2.45) is 0 Å². The maximum Gasteiger partial charge on any atom is 0.0621 e. The Hall–Kier alpha value is -6.90. The minimum Gasteiger partial charge on any atom is -0.310 e. The Labute approximate surface area is 303 Å². The molecule has 0 saturated heterocycles. The highest BCUT2D eigenvalue weighted by molar-refractivity contribution is 6.22. The summed E-state index contributed by atoms with van der Waals surface area (Å²) in [5.41, 5.74) is 11.7. The van der Waals surface area contributed by atoms with Crippen molar-refractivity contribution in [1.29, 1.82) is 0 Å². The molecule has 0 N–H and O–H groups in total. The summed E-state index contributed by atoms with van der Waals surface area (Å²) < 4.78 is 2.42. The first-order valence-electron chi connectivity index (χ1n) is 17.9. The third-order valence-electron chi connectivity index (χ3n) is 10.3. The number of nitrogens with zero attached hydrogens (tertiary/aromatic N) is 2. The fourth-order valence-corrected chi connectivity index (χ4v) is 7.87. The van der Waals surface area contributed by atoms with Gasteiger partial charge in [0.2, 0.25) is 0 Å². The van der Waals surface area contributed by atoms with Crippen LogP contribution in [0.4, 0.5) is 17.1 Å². The van der Waals surface area contributed by atoms with E-state index in [0.717, 1.165) is 22.7 Å². The Kier molecular flexibility index (Phi) is 7.18. The summed E-state index contributed by atoms with van der Waals surface area (Å²) >= 11 is 0. The van der Waals surface area contributed by atoms with Gasteiger partial charge in [-0.3, -0.25) is 0 Å². The summed E-state index contributed by atoms with van der Waals surface area (Å²) in [4.78, 5) is 2.43. The second-order valence-corrected chi connectivity index (χ2v) is 13.4. The van der Waals surface area contributed by atoms with Gasteiger partial charge in [0.1, 0.15) is 0 Å². The van der Waals surface area contributed by atoms with Gasteiger partial charge >= 0.3 is 0 Å². The highest BCUT2D eigenvalue weighted by Crippen LogP contribution is 2.45. The zero-order chi connectivity index (χ0) is 34.4. The average molecular weight is 663 g/mol. The van der Waals surface area contributed by atoms with Gasteiger partial charge < -0.3 is 9.47 Å². The van der Waals surface area contributed by atoms with Gasteiger partial charge in [0.25, 0.3) is 0 Å². The van der Waals surface area contributed by atoms with Gasteiger partial charge in [0.15, 0.2) is 0 Å². The Morgan fingerprint density at radius 2 is 0.846 bits per heavy atom. The summed E-state index contributed by atoms with van der Waals surface area (Å²) in [6, 6.07) is 74.7. The van der Waals surface area contributed by atoms with E-state index >= 15 is 0 Å². The Balaban J connectivity index is 1.20. The van der Waals surface area contributed by atoms with E-state index in [1.54, 1.807) is 0 Å². The standard InChI is InChI=1S/C50H34N2/c1-3-13-35(14-4-1)37-25-29-42(30-26-37)51(43-31-27-38(28-32-43)40-24-23-36-15-7-8-16-39(36)33-40)49-34-47-45-20-11-12-22-48(45)52(41-17-5-2-6-18-41)50(47)46-21-10-9-19-44(46)49/h1-34H. The number of hydrogen-bond acceptors (Lipinski definition) is 1. The summed E-state index contributed by atoms with van der Waals surface area (Å²) in [6.07, 6.45) is 0. The molecular weight excluding hydrogens is 629 g/mol. The first kappa shape index (κ1) is 30.0. The molecule has 0 aliphatic heterocycles. The molecule has 0 atom stereocenters. The maximum atomic E-state index is 2.43. The molecule has 0 aliphatic rings. The topological polar surface area (TPSA) is 8.17 Å². The van der Waals surface area contributed by atoms with E-state index in [9.17, 15) is 0 Å². The molecule has 0 aliphatic carbocycles. The van der Waals surface area contributed by atoms with Crippen LogP contribution in [0, 0.1) is 0 Å². The predicted molar refractivity (Wildman–Crippen MR) is 221 cm³/mol. The normalized spacial score (nSPS) is 11.5. The van der Waals surface area contributed by atoms with E-state index in [0.29, 0.717) is 0 Å². The molecule has 0 bridgehead atoms. The number of anilines is 3. The van der Waals surface area contributed by atoms with Crippen molar-refractivity contribution in [2.45, 2.75) is 0 Å². The SMILES string of the molecule is c1ccc(-c2ccc(N(c3ccc(-c4ccc5ccccc5c4)cc3)c3cc4c5ccccc5n(-c5ccccc5)c4c4ccccc34)cc2)cc1. The van der Waals surface area contributed by atoms with Crippen molar-refractivity contribution in [3.05, 3.63) is 206 Å². The van der Waals surface area contributed by atoms with Crippen LogP contribution in [-0.2, 0) is 0 Å². The van der Waals surface area contributed by atoms with E-state index in [-0.39, 0.29) is 0 Å². The second-order valence-electron chi connectivity index (χ2n) is 13.4. The number of benzene rings is 9. The zero-order valence-corrected chi connectivity index (χ0v) is 28.5. The fourth-order valence-electron chi connectivity index (χ4n) is 7.87. The molecule has 0 saturated carbocycles. The summed E-state index contributed by atoms with van der Waals surface area (Å²) in [5, 5.41) is 7.38. The molecule has 0 amide bonds. The number of aromatic nitrogens is 1. The van der Waals surface area contributed by atoms with E-state index in [4.69, 9.17) is 0 Å². The molecule has 1 heterocycles. The molecule has 1 aromatic heterocycles. The molecule has 0 unspecified atom stereocenters. The van der Waals surface area contributed by atoms with Gasteiger partial charge in [-0.25, -0.2) is 0 Å². The lowest BCUT2D eigenvalue weighted by Gasteiger charge is -2.28. The molecule has 10 aromatic rings. The Bertz CT molecular complexity index is 2870. The number of fused-ring (bicyclic) bond motifs is 6. The van der Waals surface area contributed by atoms with Crippen molar-refractivity contribution < 1.29 is 0 Å². The van der Waals surface area contributed by atoms with E-state index in [2.05, 4.69) is 216 Å². The van der Waals surface area contributed by atoms with Crippen LogP contribution in [0.3, 0.4) is 0 Å². The highest BCUT2D eigenvalue weighted by Gasteiger charge is 2.22. The van der Waals surface area contributed by atoms with Crippen LogP contribution >= 0.6 is 0 Å². The van der Waals surface area contributed by atoms with Gasteiger partial charge in [-0.1, -0.05) is 152 Å². The molecule has 9 aromatic carbocycles. The van der Waals surface area contributed by atoms with Crippen LogP contribution in [0.2, 0.25) is 0 Å². The smallest absolute Gasteiger partial charge is 0.0621 e. The predicted octanol–water partition coefficient (Wildman–Crippen LogP) is 13.9. The molecule has 10 rings (SSSR count). The average Bonchev–Trinajstić information content (AvgIpc) is 3.56. The molecule has 0 fully saturated rings. The molecule has 244 valence electrons. The van der Waals surface area contributed by atoms with Gasteiger partial charge in [0.05, 0.1) is 16.7 Å². The number of para-hydroxylation sites is 2. The van der Waals surface area contributed by atoms with Gasteiger partial charge in [-0.2, -0.15) is 0 Å². The van der Waals surface area contributed by atoms with Crippen LogP contribution < -0.4 is 4.90 Å². The monoisotopic (exact) mass is 662 g/mol. The lowest BCUT2D eigenvalue weighted by molar-refractivity contribution is 1.19. The minimum atomic E-state index is 1.10. The highest BCUT2D eigenvalue weighted by atomic mass is 15.1. The van der Waals surface area contributed by atoms with Crippen LogP contribution in [0.1, 0.15) is 0 Å². The van der Waals surface area contributed by atoms with Gasteiger partial charge in [0, 0.05) is 38.6 Å². The Morgan fingerprint density at radius 1 is 0.327 bits per heavy atom.